The largest absolute Gasteiger partial charge is 0.359 e. The number of piperazine rings is 1. The number of nitrogens with one attached hydrogen (secondary N) is 2. The van der Waals surface area contributed by atoms with E-state index < -0.39 is 0 Å². The van der Waals surface area contributed by atoms with Gasteiger partial charge < -0.3 is 15.5 Å². The number of carbonyl (C=O) groups excluding carboxylic acids is 2. The summed E-state index contributed by atoms with van der Waals surface area (Å²) in [6.07, 6.45) is 0.431. The van der Waals surface area contributed by atoms with Gasteiger partial charge in [-0.1, -0.05) is 0 Å². The number of rotatable bonds is 2. The van der Waals surface area contributed by atoms with Crippen molar-refractivity contribution in [2.24, 2.45) is 0 Å². The zero-order valence-electron chi connectivity index (χ0n) is 8.67. The fourth-order valence-corrected chi connectivity index (χ4v) is 1.57. The highest BCUT2D eigenvalue weighted by atomic mass is 16.2. The van der Waals surface area contributed by atoms with Gasteiger partial charge in [-0.05, 0) is 0 Å². The molecule has 0 aromatic rings. The van der Waals surface area contributed by atoms with Crippen LogP contribution in [0.25, 0.3) is 0 Å². The van der Waals surface area contributed by atoms with Crippen molar-refractivity contribution in [1.82, 2.24) is 15.5 Å². The molecule has 0 radical (unpaired) electrons. The molecule has 1 rings (SSSR count). The lowest BCUT2D eigenvalue weighted by molar-refractivity contribution is -0.131. The number of nitrogens with zero attached hydrogens (tertiary/aromatic N) is 1. The number of hydrogen-bond donors (Lipinski definition) is 2. The van der Waals surface area contributed by atoms with Crippen LogP contribution in [0.1, 0.15) is 13.3 Å². The van der Waals surface area contributed by atoms with E-state index >= 15 is 0 Å². The average molecular weight is 199 g/mol. The molecule has 14 heavy (non-hydrogen) atoms. The molecule has 1 heterocycles. The quantitative estimate of drug-likeness (QED) is 0.596. The van der Waals surface area contributed by atoms with Crippen molar-refractivity contribution in [2.75, 3.05) is 26.7 Å². The molecule has 0 bridgehead atoms. The lowest BCUT2D eigenvalue weighted by atomic mass is 10.1. The Balaban J connectivity index is 2.40. The summed E-state index contributed by atoms with van der Waals surface area (Å²) in [5.41, 5.74) is 0. The summed E-state index contributed by atoms with van der Waals surface area (Å²) in [5, 5.41) is 5.79. The molecule has 5 heteroatoms. The Hall–Kier alpha value is -1.10. The van der Waals surface area contributed by atoms with Crippen LogP contribution in [0.5, 0.6) is 0 Å². The fraction of sp³-hybridized carbons (Fsp3) is 0.778. The Kier molecular flexibility index (Phi) is 3.88. The maximum atomic E-state index is 11.1. The van der Waals surface area contributed by atoms with Crippen LogP contribution < -0.4 is 10.6 Å². The Bertz CT molecular complexity index is 230. The monoisotopic (exact) mass is 199 g/mol. The van der Waals surface area contributed by atoms with Crippen molar-refractivity contribution < 1.29 is 9.59 Å². The molecule has 80 valence electrons. The predicted molar refractivity (Wildman–Crippen MR) is 52.7 cm³/mol. The maximum Gasteiger partial charge on any atom is 0.221 e. The molecular weight excluding hydrogens is 182 g/mol. The van der Waals surface area contributed by atoms with Gasteiger partial charge >= 0.3 is 0 Å². The van der Waals surface area contributed by atoms with Crippen LogP contribution in [0.15, 0.2) is 0 Å². The summed E-state index contributed by atoms with van der Waals surface area (Å²) in [7, 11) is 1.62. The fourth-order valence-electron chi connectivity index (χ4n) is 1.57. The number of carbonyl (C=O) groups is 2. The van der Waals surface area contributed by atoms with E-state index in [1.54, 1.807) is 18.9 Å². The third-order valence-corrected chi connectivity index (χ3v) is 2.41. The van der Waals surface area contributed by atoms with Crippen LogP contribution in [-0.4, -0.2) is 49.4 Å². The first-order valence-corrected chi connectivity index (χ1v) is 4.83. The van der Waals surface area contributed by atoms with Gasteiger partial charge in [-0.15, -0.1) is 0 Å². The Morgan fingerprint density at radius 2 is 2.29 bits per heavy atom. The van der Waals surface area contributed by atoms with Gasteiger partial charge in [-0.3, -0.25) is 9.59 Å². The highest BCUT2D eigenvalue weighted by Crippen LogP contribution is 2.02. The van der Waals surface area contributed by atoms with E-state index in [9.17, 15) is 9.59 Å². The van der Waals surface area contributed by atoms with Gasteiger partial charge in [0, 0.05) is 46.1 Å². The van der Waals surface area contributed by atoms with Gasteiger partial charge in [-0.2, -0.15) is 0 Å². The molecule has 0 aromatic heterocycles. The van der Waals surface area contributed by atoms with Crippen molar-refractivity contribution in [1.29, 1.82) is 0 Å². The number of hydrogen-bond acceptors (Lipinski definition) is 3. The number of amides is 2. The molecule has 2 amide bonds. The molecule has 0 spiro atoms. The Morgan fingerprint density at radius 1 is 1.57 bits per heavy atom. The lowest BCUT2D eigenvalue weighted by Gasteiger charge is -2.32. The van der Waals surface area contributed by atoms with Gasteiger partial charge in [0.05, 0.1) is 0 Å². The van der Waals surface area contributed by atoms with E-state index in [1.807, 2.05) is 0 Å². The molecule has 1 atom stereocenters. The SMILES string of the molecule is CNC(=O)CC1CN(C(C)=O)CCN1. The minimum absolute atomic E-state index is 0.00732. The van der Waals surface area contributed by atoms with Crippen LogP contribution in [0, 0.1) is 0 Å². The summed E-state index contributed by atoms with van der Waals surface area (Å²) < 4.78 is 0. The standard InChI is InChI=1S/C9H17N3O2/c1-7(13)12-4-3-11-8(6-12)5-9(14)10-2/h8,11H,3-6H2,1-2H3,(H,10,14). The molecular formula is C9H17N3O2. The van der Waals surface area contributed by atoms with E-state index in [4.69, 9.17) is 0 Å². The zero-order chi connectivity index (χ0) is 10.6. The summed E-state index contributed by atoms with van der Waals surface area (Å²) in [6.45, 7) is 3.69. The second-order valence-electron chi connectivity index (χ2n) is 3.49. The van der Waals surface area contributed by atoms with Crippen molar-refractivity contribution in [3.05, 3.63) is 0 Å². The second kappa shape index (κ2) is 4.95. The van der Waals surface area contributed by atoms with Crippen molar-refractivity contribution in [2.45, 2.75) is 19.4 Å². The topological polar surface area (TPSA) is 61.4 Å². The Morgan fingerprint density at radius 3 is 2.86 bits per heavy atom. The molecule has 0 aliphatic carbocycles. The minimum atomic E-state index is 0.00732. The van der Waals surface area contributed by atoms with Crippen LogP contribution in [0.2, 0.25) is 0 Å². The zero-order valence-corrected chi connectivity index (χ0v) is 8.67. The summed E-state index contributed by atoms with van der Waals surface area (Å²) >= 11 is 0. The lowest BCUT2D eigenvalue weighted by Crippen LogP contribution is -2.53. The highest BCUT2D eigenvalue weighted by molar-refractivity contribution is 5.77. The molecule has 1 fully saturated rings. The van der Waals surface area contributed by atoms with Gasteiger partial charge in [-0.25, -0.2) is 0 Å². The highest BCUT2D eigenvalue weighted by Gasteiger charge is 2.22. The summed E-state index contributed by atoms with van der Waals surface area (Å²) in [4.78, 5) is 24.0. The molecule has 1 aliphatic rings. The van der Waals surface area contributed by atoms with E-state index in [0.717, 1.165) is 13.1 Å². The van der Waals surface area contributed by atoms with Gasteiger partial charge in [0.15, 0.2) is 0 Å². The van der Waals surface area contributed by atoms with Crippen molar-refractivity contribution in [3.63, 3.8) is 0 Å². The molecule has 2 N–H and O–H groups in total. The maximum absolute atomic E-state index is 11.1. The molecule has 1 saturated heterocycles. The van der Waals surface area contributed by atoms with E-state index in [-0.39, 0.29) is 17.9 Å². The normalized spacial score (nSPS) is 21.9. The minimum Gasteiger partial charge on any atom is -0.359 e. The van der Waals surface area contributed by atoms with Crippen LogP contribution >= 0.6 is 0 Å². The average Bonchev–Trinajstić information content (AvgIpc) is 2.18. The first-order chi connectivity index (χ1) is 6.63. The van der Waals surface area contributed by atoms with Gasteiger partial charge in [0.1, 0.15) is 0 Å². The van der Waals surface area contributed by atoms with Crippen LogP contribution in [0.4, 0.5) is 0 Å². The molecule has 1 aliphatic heterocycles. The summed E-state index contributed by atoms with van der Waals surface area (Å²) in [6, 6.07) is 0.0904. The third kappa shape index (κ3) is 2.99. The van der Waals surface area contributed by atoms with Crippen LogP contribution in [0.3, 0.4) is 0 Å². The van der Waals surface area contributed by atoms with Gasteiger partial charge in [0.25, 0.3) is 0 Å². The summed E-state index contributed by atoms with van der Waals surface area (Å²) in [5.74, 6) is 0.0845. The molecule has 1 unspecified atom stereocenters. The smallest absolute Gasteiger partial charge is 0.221 e. The third-order valence-electron chi connectivity index (χ3n) is 2.41. The van der Waals surface area contributed by atoms with E-state index in [0.29, 0.717) is 13.0 Å². The van der Waals surface area contributed by atoms with Crippen molar-refractivity contribution in [3.8, 4) is 0 Å². The van der Waals surface area contributed by atoms with Gasteiger partial charge in [0.2, 0.25) is 11.8 Å². The molecule has 0 aromatic carbocycles. The first-order valence-electron chi connectivity index (χ1n) is 4.83. The van der Waals surface area contributed by atoms with E-state index in [1.165, 1.54) is 0 Å². The molecule has 0 saturated carbocycles. The van der Waals surface area contributed by atoms with Crippen molar-refractivity contribution >= 4 is 11.8 Å². The predicted octanol–water partition coefficient (Wildman–Crippen LogP) is -1.06. The first kappa shape index (κ1) is 11.0. The second-order valence-corrected chi connectivity index (χ2v) is 3.49. The van der Waals surface area contributed by atoms with Crippen LogP contribution in [-0.2, 0) is 9.59 Å². The Labute approximate surface area is 83.8 Å². The molecule has 5 nitrogen and oxygen atoms in total. The van der Waals surface area contributed by atoms with E-state index in [2.05, 4.69) is 10.6 Å².